The molecule has 0 spiro atoms. The lowest BCUT2D eigenvalue weighted by Gasteiger charge is -2.35. The fourth-order valence-electron chi connectivity index (χ4n) is 1.88. The molecule has 0 bridgehead atoms. The third-order valence-electron chi connectivity index (χ3n) is 2.86. The van der Waals surface area contributed by atoms with Crippen molar-refractivity contribution in [1.29, 1.82) is 5.26 Å². The van der Waals surface area contributed by atoms with E-state index in [1.807, 2.05) is 11.9 Å². The lowest BCUT2D eigenvalue weighted by atomic mass is 10.1. The van der Waals surface area contributed by atoms with Gasteiger partial charge in [0.05, 0.1) is 29.8 Å². The molecule has 1 atom stereocenters. The number of nitrogens with zero attached hydrogens (tertiary/aromatic N) is 2. The summed E-state index contributed by atoms with van der Waals surface area (Å²) in [5, 5.41) is 17.6. The van der Waals surface area contributed by atoms with Crippen LogP contribution in [0.15, 0.2) is 18.2 Å². The number of aliphatic carboxylic acids is 1. The standard InChI is InChI=1S/C12H12N2O3/c1-14-9(5-12(15)16)7-17-11-3-2-8(6-13)4-10(11)14/h2-4,9H,5,7H2,1H3,(H,15,16). The summed E-state index contributed by atoms with van der Waals surface area (Å²) in [6, 6.07) is 6.99. The minimum atomic E-state index is -0.856. The van der Waals surface area contributed by atoms with E-state index < -0.39 is 5.97 Å². The molecule has 0 aromatic heterocycles. The fraction of sp³-hybridized carbons (Fsp3) is 0.333. The van der Waals surface area contributed by atoms with Gasteiger partial charge in [0.25, 0.3) is 0 Å². The van der Waals surface area contributed by atoms with Crippen LogP contribution < -0.4 is 9.64 Å². The highest BCUT2D eigenvalue weighted by Crippen LogP contribution is 2.34. The smallest absolute Gasteiger partial charge is 0.305 e. The van der Waals surface area contributed by atoms with Crippen molar-refractivity contribution in [1.82, 2.24) is 0 Å². The lowest BCUT2D eigenvalue weighted by Crippen LogP contribution is -2.41. The highest BCUT2D eigenvalue weighted by molar-refractivity contribution is 5.70. The van der Waals surface area contributed by atoms with Gasteiger partial charge in [-0.2, -0.15) is 5.26 Å². The van der Waals surface area contributed by atoms with Crippen LogP contribution in [0.3, 0.4) is 0 Å². The molecule has 1 aromatic carbocycles. The number of nitriles is 1. The van der Waals surface area contributed by atoms with Crippen molar-refractivity contribution in [3.63, 3.8) is 0 Å². The van der Waals surface area contributed by atoms with Gasteiger partial charge in [-0.25, -0.2) is 0 Å². The van der Waals surface area contributed by atoms with Crippen LogP contribution in [0.25, 0.3) is 0 Å². The van der Waals surface area contributed by atoms with Gasteiger partial charge in [-0.3, -0.25) is 4.79 Å². The molecule has 0 saturated heterocycles. The Kier molecular flexibility index (Phi) is 2.88. The van der Waals surface area contributed by atoms with Gasteiger partial charge in [-0.05, 0) is 18.2 Å². The Morgan fingerprint density at radius 3 is 3.12 bits per heavy atom. The second-order valence-corrected chi connectivity index (χ2v) is 3.97. The van der Waals surface area contributed by atoms with Gasteiger partial charge in [-0.1, -0.05) is 0 Å². The maximum absolute atomic E-state index is 10.7. The van der Waals surface area contributed by atoms with Crippen molar-refractivity contribution in [2.45, 2.75) is 12.5 Å². The van der Waals surface area contributed by atoms with Crippen LogP contribution in [-0.2, 0) is 4.79 Å². The second-order valence-electron chi connectivity index (χ2n) is 3.97. The van der Waals surface area contributed by atoms with Crippen molar-refractivity contribution in [2.75, 3.05) is 18.6 Å². The normalized spacial score (nSPS) is 17.9. The third-order valence-corrected chi connectivity index (χ3v) is 2.86. The maximum Gasteiger partial charge on any atom is 0.305 e. The molecular formula is C12H12N2O3. The topological polar surface area (TPSA) is 73.6 Å². The summed E-state index contributed by atoms with van der Waals surface area (Å²) in [4.78, 5) is 12.6. The van der Waals surface area contributed by atoms with E-state index >= 15 is 0 Å². The van der Waals surface area contributed by atoms with E-state index in [-0.39, 0.29) is 12.5 Å². The van der Waals surface area contributed by atoms with Crippen LogP contribution >= 0.6 is 0 Å². The fourth-order valence-corrected chi connectivity index (χ4v) is 1.88. The van der Waals surface area contributed by atoms with Crippen LogP contribution in [0, 0.1) is 11.3 Å². The average molecular weight is 232 g/mol. The average Bonchev–Trinajstić information content (AvgIpc) is 2.32. The van der Waals surface area contributed by atoms with Crippen LogP contribution in [-0.4, -0.2) is 30.8 Å². The summed E-state index contributed by atoms with van der Waals surface area (Å²) >= 11 is 0. The summed E-state index contributed by atoms with van der Waals surface area (Å²) in [5.74, 6) is -0.168. The first-order valence-corrected chi connectivity index (χ1v) is 5.23. The van der Waals surface area contributed by atoms with Gasteiger partial charge in [-0.15, -0.1) is 0 Å². The molecule has 0 radical (unpaired) electrons. The van der Waals surface area contributed by atoms with Gasteiger partial charge < -0.3 is 14.7 Å². The van der Waals surface area contributed by atoms with E-state index in [4.69, 9.17) is 15.1 Å². The summed E-state index contributed by atoms with van der Waals surface area (Å²) in [6.45, 7) is 0.349. The summed E-state index contributed by atoms with van der Waals surface area (Å²) < 4.78 is 5.49. The Morgan fingerprint density at radius 2 is 2.47 bits per heavy atom. The number of rotatable bonds is 2. The number of carboxylic acid groups (broad SMARTS) is 1. The summed E-state index contributed by atoms with van der Waals surface area (Å²) in [5.41, 5.74) is 1.30. The molecule has 1 N–H and O–H groups in total. The van der Waals surface area contributed by atoms with Gasteiger partial charge in [0.15, 0.2) is 0 Å². The molecule has 17 heavy (non-hydrogen) atoms. The number of carboxylic acids is 1. The van der Waals surface area contributed by atoms with Crippen LogP contribution in [0.5, 0.6) is 5.75 Å². The Hall–Kier alpha value is -2.22. The Balaban J connectivity index is 2.30. The predicted octanol–water partition coefficient (Wildman–Crippen LogP) is 1.23. The maximum atomic E-state index is 10.7. The minimum Gasteiger partial charge on any atom is -0.489 e. The molecule has 1 aliphatic heterocycles. The first-order chi connectivity index (χ1) is 8.11. The van der Waals surface area contributed by atoms with Crippen molar-refractivity contribution < 1.29 is 14.6 Å². The van der Waals surface area contributed by atoms with E-state index in [0.717, 1.165) is 5.69 Å². The molecule has 0 aliphatic carbocycles. The molecule has 1 heterocycles. The number of anilines is 1. The Labute approximate surface area is 98.8 Å². The van der Waals surface area contributed by atoms with Crippen LogP contribution in [0.1, 0.15) is 12.0 Å². The van der Waals surface area contributed by atoms with E-state index in [0.29, 0.717) is 17.9 Å². The Bertz CT molecular complexity index is 493. The van der Waals surface area contributed by atoms with Gasteiger partial charge >= 0.3 is 5.97 Å². The first kappa shape index (κ1) is 11.3. The lowest BCUT2D eigenvalue weighted by molar-refractivity contribution is -0.137. The molecule has 1 aliphatic rings. The largest absolute Gasteiger partial charge is 0.489 e. The molecule has 5 nitrogen and oxygen atoms in total. The molecule has 0 saturated carbocycles. The SMILES string of the molecule is CN1c2cc(C#N)ccc2OCC1CC(=O)O. The molecule has 0 fully saturated rings. The minimum absolute atomic E-state index is 0.0206. The number of hydrogen-bond donors (Lipinski definition) is 1. The number of fused-ring (bicyclic) bond motifs is 1. The number of carbonyl (C=O) groups is 1. The monoisotopic (exact) mass is 232 g/mol. The predicted molar refractivity (Wildman–Crippen MR) is 61.1 cm³/mol. The summed E-state index contributed by atoms with van der Waals surface area (Å²) in [6.07, 6.45) is 0.0206. The van der Waals surface area contributed by atoms with Crippen LogP contribution in [0.4, 0.5) is 5.69 Å². The van der Waals surface area contributed by atoms with E-state index in [1.165, 1.54) is 0 Å². The van der Waals surface area contributed by atoms with Crippen molar-refractivity contribution in [3.05, 3.63) is 23.8 Å². The number of likely N-dealkylation sites (N-methyl/N-ethyl adjacent to an activating group) is 1. The summed E-state index contributed by atoms with van der Waals surface area (Å²) in [7, 11) is 1.82. The molecule has 5 heteroatoms. The zero-order valence-corrected chi connectivity index (χ0v) is 9.38. The van der Waals surface area contributed by atoms with E-state index in [1.54, 1.807) is 18.2 Å². The van der Waals surface area contributed by atoms with Crippen molar-refractivity contribution in [2.24, 2.45) is 0 Å². The van der Waals surface area contributed by atoms with E-state index in [2.05, 4.69) is 6.07 Å². The molecule has 1 aromatic rings. The van der Waals surface area contributed by atoms with Gasteiger partial charge in [0, 0.05) is 7.05 Å². The molecule has 88 valence electrons. The highest BCUT2D eigenvalue weighted by Gasteiger charge is 2.26. The zero-order chi connectivity index (χ0) is 12.4. The Morgan fingerprint density at radius 1 is 1.71 bits per heavy atom. The highest BCUT2D eigenvalue weighted by atomic mass is 16.5. The third kappa shape index (κ3) is 2.16. The molecule has 2 rings (SSSR count). The zero-order valence-electron chi connectivity index (χ0n) is 9.38. The quantitative estimate of drug-likeness (QED) is 0.830. The molecular weight excluding hydrogens is 220 g/mol. The van der Waals surface area contributed by atoms with E-state index in [9.17, 15) is 4.79 Å². The van der Waals surface area contributed by atoms with Gasteiger partial charge in [0.1, 0.15) is 12.4 Å². The van der Waals surface area contributed by atoms with Gasteiger partial charge in [0.2, 0.25) is 0 Å². The van der Waals surface area contributed by atoms with Crippen molar-refractivity contribution in [3.8, 4) is 11.8 Å². The first-order valence-electron chi connectivity index (χ1n) is 5.23. The number of hydrogen-bond acceptors (Lipinski definition) is 4. The number of ether oxygens (including phenoxy) is 1. The van der Waals surface area contributed by atoms with Crippen molar-refractivity contribution >= 4 is 11.7 Å². The number of benzene rings is 1. The second kappa shape index (κ2) is 4.34. The molecule has 1 unspecified atom stereocenters. The van der Waals surface area contributed by atoms with Crippen LogP contribution in [0.2, 0.25) is 0 Å². The molecule has 0 amide bonds.